The lowest BCUT2D eigenvalue weighted by atomic mass is 9.78. The van der Waals surface area contributed by atoms with Gasteiger partial charge < -0.3 is 15.7 Å². The Hall–Kier alpha value is -1.91. The number of nitrogens with one attached hydrogen (secondary N) is 2. The highest BCUT2D eigenvalue weighted by Crippen LogP contribution is 2.44. The van der Waals surface area contributed by atoms with Gasteiger partial charge in [0.05, 0.1) is 10.9 Å². The molecule has 5 nitrogen and oxygen atoms in total. The fourth-order valence-electron chi connectivity index (χ4n) is 2.86. The first-order valence-electron chi connectivity index (χ1n) is 7.34. The van der Waals surface area contributed by atoms with Gasteiger partial charge >= 0.3 is 12.2 Å². The first kappa shape index (κ1) is 18.9. The number of thiophene rings is 1. The summed E-state index contributed by atoms with van der Waals surface area (Å²) in [4.78, 5) is 24.7. The van der Waals surface area contributed by atoms with Gasteiger partial charge in [-0.15, -0.1) is 11.3 Å². The summed E-state index contributed by atoms with van der Waals surface area (Å²) in [6.45, 7) is 0. The van der Waals surface area contributed by atoms with Gasteiger partial charge in [0.1, 0.15) is 5.92 Å². The van der Waals surface area contributed by atoms with Crippen molar-refractivity contribution in [3.63, 3.8) is 0 Å². The summed E-state index contributed by atoms with van der Waals surface area (Å²) in [5, 5.41) is 15.7. The van der Waals surface area contributed by atoms with Crippen LogP contribution in [0, 0.1) is 5.92 Å². The zero-order valence-corrected chi connectivity index (χ0v) is 15.3. The lowest BCUT2D eigenvalue weighted by Gasteiger charge is -2.44. The molecule has 1 aliphatic heterocycles. The minimum absolute atomic E-state index is 0.0535. The molecular formula is C16H12BrF3N2O3S. The van der Waals surface area contributed by atoms with E-state index in [0.717, 1.165) is 11.3 Å². The Balaban J connectivity index is 2.14. The van der Waals surface area contributed by atoms with Crippen molar-refractivity contribution in [2.45, 2.75) is 17.9 Å². The molecule has 0 bridgehead atoms. The molecule has 26 heavy (non-hydrogen) atoms. The van der Waals surface area contributed by atoms with Gasteiger partial charge in [-0.05, 0) is 29.1 Å². The van der Waals surface area contributed by atoms with Gasteiger partial charge in [0.2, 0.25) is 5.72 Å². The van der Waals surface area contributed by atoms with Crippen LogP contribution >= 0.6 is 27.3 Å². The molecule has 1 aromatic heterocycles. The van der Waals surface area contributed by atoms with Crippen LogP contribution in [0.25, 0.3) is 0 Å². The summed E-state index contributed by atoms with van der Waals surface area (Å²) in [5.41, 5.74) is -3.44. The Bertz CT molecular complexity index is 826. The molecule has 2 amide bonds. The quantitative estimate of drug-likeness (QED) is 0.627. The summed E-state index contributed by atoms with van der Waals surface area (Å²) in [6.07, 6.45) is -5.25. The minimum atomic E-state index is -5.25. The summed E-state index contributed by atoms with van der Waals surface area (Å²) in [7, 11) is 0. The molecule has 138 valence electrons. The van der Waals surface area contributed by atoms with Crippen LogP contribution in [0.2, 0.25) is 0 Å². The first-order chi connectivity index (χ1) is 12.1. The number of hydrogen-bond acceptors (Lipinski definition) is 4. The van der Waals surface area contributed by atoms with E-state index in [1.165, 1.54) is 29.6 Å². The Morgan fingerprint density at radius 1 is 1.23 bits per heavy atom. The summed E-state index contributed by atoms with van der Waals surface area (Å²) in [5.74, 6) is -2.92. The molecule has 2 aromatic rings. The summed E-state index contributed by atoms with van der Waals surface area (Å²) in [6, 6.07) is 6.42. The number of rotatable bonds is 3. The van der Waals surface area contributed by atoms with Crippen molar-refractivity contribution in [2.24, 2.45) is 5.92 Å². The third-order valence-corrected chi connectivity index (χ3v) is 5.49. The molecule has 0 radical (unpaired) electrons. The van der Waals surface area contributed by atoms with Gasteiger partial charge in [-0.3, -0.25) is 4.79 Å². The van der Waals surface area contributed by atoms with Crippen molar-refractivity contribution in [3.8, 4) is 0 Å². The number of Topliss-reactive ketones (excluding diaryl/α,β-unsaturated/α-hetero) is 1. The van der Waals surface area contributed by atoms with E-state index >= 15 is 0 Å². The maximum absolute atomic E-state index is 13.7. The predicted octanol–water partition coefficient (Wildman–Crippen LogP) is 3.61. The van der Waals surface area contributed by atoms with E-state index in [0.29, 0.717) is 4.47 Å². The summed E-state index contributed by atoms with van der Waals surface area (Å²) < 4.78 is 41.6. The smallest absolute Gasteiger partial charge is 0.363 e. The Morgan fingerprint density at radius 3 is 2.42 bits per heavy atom. The van der Waals surface area contributed by atoms with E-state index in [9.17, 15) is 27.9 Å². The fraction of sp³-hybridized carbons (Fsp3) is 0.250. The fourth-order valence-corrected chi connectivity index (χ4v) is 3.83. The molecule has 1 saturated heterocycles. The molecule has 1 aliphatic rings. The maximum atomic E-state index is 13.7. The first-order valence-corrected chi connectivity index (χ1v) is 9.02. The van der Waals surface area contributed by atoms with Crippen molar-refractivity contribution in [3.05, 3.63) is 56.7 Å². The van der Waals surface area contributed by atoms with E-state index in [2.05, 4.69) is 21.2 Å². The maximum Gasteiger partial charge on any atom is 0.437 e. The molecule has 1 fully saturated rings. The van der Waals surface area contributed by atoms with Gasteiger partial charge in [0.25, 0.3) is 0 Å². The molecule has 0 spiro atoms. The largest absolute Gasteiger partial charge is 0.437 e. The molecule has 3 N–H and O–H groups in total. The molecule has 1 aromatic carbocycles. The zero-order chi connectivity index (χ0) is 19.1. The van der Waals surface area contributed by atoms with Crippen LogP contribution < -0.4 is 10.6 Å². The normalized spacial score (nSPS) is 26.1. The van der Waals surface area contributed by atoms with Gasteiger partial charge in [-0.25, -0.2) is 4.79 Å². The second-order valence-corrected chi connectivity index (χ2v) is 7.57. The average Bonchev–Trinajstić information content (AvgIpc) is 3.08. The number of aliphatic hydroxyl groups is 1. The van der Waals surface area contributed by atoms with Crippen LogP contribution in [0.4, 0.5) is 18.0 Å². The van der Waals surface area contributed by atoms with E-state index < -0.39 is 35.7 Å². The lowest BCUT2D eigenvalue weighted by Crippen LogP contribution is -2.72. The van der Waals surface area contributed by atoms with E-state index in [1.807, 2.05) is 0 Å². The highest BCUT2D eigenvalue weighted by Gasteiger charge is 2.66. The standard InChI is InChI=1S/C16H12BrF3N2O3S/c17-9-5-3-8(4-6-9)12-11(13(23)10-2-1-7-26-10)15(25,16(18,19)20)22-14(24)21-12/h1-7,11-12,25H,(H2,21,22,24). The molecule has 3 unspecified atom stereocenters. The van der Waals surface area contributed by atoms with Crippen molar-refractivity contribution in [1.29, 1.82) is 0 Å². The van der Waals surface area contributed by atoms with Crippen LogP contribution in [0.5, 0.6) is 0 Å². The van der Waals surface area contributed by atoms with Crippen LogP contribution in [0.1, 0.15) is 21.3 Å². The van der Waals surface area contributed by atoms with Crippen molar-refractivity contribution >= 4 is 39.1 Å². The minimum Gasteiger partial charge on any atom is -0.363 e. The molecule has 0 saturated carbocycles. The highest BCUT2D eigenvalue weighted by atomic mass is 79.9. The van der Waals surface area contributed by atoms with E-state index in [-0.39, 0.29) is 10.4 Å². The molecule has 2 heterocycles. The van der Waals surface area contributed by atoms with Crippen molar-refractivity contribution in [1.82, 2.24) is 10.6 Å². The third kappa shape index (κ3) is 3.24. The number of amides is 2. The number of carbonyl (C=O) groups excluding carboxylic acids is 2. The number of halogens is 4. The molecule has 0 aliphatic carbocycles. The molecular weight excluding hydrogens is 437 g/mol. The summed E-state index contributed by atoms with van der Waals surface area (Å²) >= 11 is 4.18. The molecule has 3 atom stereocenters. The second kappa shape index (κ2) is 6.67. The van der Waals surface area contributed by atoms with E-state index in [1.54, 1.807) is 17.5 Å². The lowest BCUT2D eigenvalue weighted by molar-refractivity contribution is -0.287. The highest BCUT2D eigenvalue weighted by molar-refractivity contribution is 9.10. The van der Waals surface area contributed by atoms with Gasteiger partial charge in [-0.1, -0.05) is 34.1 Å². The average molecular weight is 449 g/mol. The second-order valence-electron chi connectivity index (χ2n) is 5.71. The number of hydrogen-bond donors (Lipinski definition) is 3. The van der Waals surface area contributed by atoms with Crippen molar-refractivity contribution in [2.75, 3.05) is 0 Å². The third-order valence-electron chi connectivity index (χ3n) is 4.08. The number of urea groups is 1. The van der Waals surface area contributed by atoms with Gasteiger partial charge in [0, 0.05) is 4.47 Å². The van der Waals surface area contributed by atoms with Gasteiger partial charge in [0.15, 0.2) is 5.78 Å². The molecule has 3 rings (SSSR count). The monoisotopic (exact) mass is 448 g/mol. The topological polar surface area (TPSA) is 78.4 Å². The van der Waals surface area contributed by atoms with Crippen LogP contribution in [-0.4, -0.2) is 28.8 Å². The zero-order valence-electron chi connectivity index (χ0n) is 12.9. The van der Waals surface area contributed by atoms with Crippen LogP contribution in [-0.2, 0) is 0 Å². The van der Waals surface area contributed by atoms with Crippen LogP contribution in [0.15, 0.2) is 46.3 Å². The predicted molar refractivity (Wildman–Crippen MR) is 91.7 cm³/mol. The number of carbonyl (C=O) groups is 2. The number of ketones is 1. The Kier molecular flexibility index (Phi) is 4.84. The van der Waals surface area contributed by atoms with Crippen LogP contribution in [0.3, 0.4) is 0 Å². The van der Waals surface area contributed by atoms with Crippen molar-refractivity contribution < 1.29 is 27.9 Å². The number of alkyl halides is 3. The number of benzene rings is 1. The Labute approximate surface area is 158 Å². The van der Waals surface area contributed by atoms with E-state index in [4.69, 9.17) is 0 Å². The molecule has 10 heteroatoms. The van der Waals surface area contributed by atoms with Gasteiger partial charge in [-0.2, -0.15) is 13.2 Å². The SMILES string of the molecule is O=C1NC(c2ccc(Br)cc2)C(C(=O)c2cccs2)C(O)(C(F)(F)F)N1. The Morgan fingerprint density at radius 2 is 1.88 bits per heavy atom.